The quantitative estimate of drug-likeness (QED) is 0.816. The molecule has 0 radical (unpaired) electrons. The number of benzene rings is 1. The lowest BCUT2D eigenvalue weighted by molar-refractivity contribution is -0.119. The van der Waals surface area contributed by atoms with Crippen molar-refractivity contribution in [1.29, 1.82) is 0 Å². The van der Waals surface area contributed by atoms with Gasteiger partial charge in [0, 0.05) is 23.5 Å². The van der Waals surface area contributed by atoms with E-state index in [-0.39, 0.29) is 11.9 Å². The monoisotopic (exact) mass is 240 g/mol. The van der Waals surface area contributed by atoms with Crippen LogP contribution in [0.5, 0.6) is 0 Å². The third-order valence-electron chi connectivity index (χ3n) is 3.85. The van der Waals surface area contributed by atoms with Crippen molar-refractivity contribution in [1.82, 2.24) is 10.2 Å². The molecule has 1 saturated heterocycles. The molecule has 2 aliphatic rings. The second-order valence-corrected chi connectivity index (χ2v) is 4.97. The summed E-state index contributed by atoms with van der Waals surface area (Å²) in [6, 6.07) is 6.30. The number of hydrogen-bond donors (Lipinski definition) is 1. The minimum Gasteiger partial charge on any atom is -0.358 e. The number of nitrogens with one attached hydrogen (secondary N) is 1. The van der Waals surface area contributed by atoms with Crippen molar-refractivity contribution in [3.05, 3.63) is 53.7 Å². The Labute approximate surface area is 107 Å². The largest absolute Gasteiger partial charge is 0.358 e. The van der Waals surface area contributed by atoms with Crippen LogP contribution in [0.3, 0.4) is 0 Å². The van der Waals surface area contributed by atoms with E-state index in [1.807, 2.05) is 0 Å². The fourth-order valence-electron chi connectivity index (χ4n) is 2.81. The summed E-state index contributed by atoms with van der Waals surface area (Å²) in [5, 5.41) is 2.79. The zero-order valence-electron chi connectivity index (χ0n) is 10.5. The first-order chi connectivity index (χ1) is 8.58. The zero-order chi connectivity index (χ0) is 12.9. The molecule has 0 aliphatic carbocycles. The molecule has 0 bridgehead atoms. The van der Waals surface area contributed by atoms with Gasteiger partial charge in [0.2, 0.25) is 5.91 Å². The number of carbonyl (C=O) groups is 1. The molecule has 1 unspecified atom stereocenters. The van der Waals surface area contributed by atoms with Crippen molar-refractivity contribution in [3.8, 4) is 0 Å². The topological polar surface area (TPSA) is 32.3 Å². The molecule has 0 saturated carbocycles. The van der Waals surface area contributed by atoms with Crippen LogP contribution in [-0.4, -0.2) is 16.8 Å². The highest BCUT2D eigenvalue weighted by atomic mass is 16.2. The van der Waals surface area contributed by atoms with Gasteiger partial charge in [0.05, 0.1) is 12.5 Å². The Bertz CT molecular complexity index is 574. The second kappa shape index (κ2) is 3.73. The minimum atomic E-state index is 0.0387. The molecule has 3 heteroatoms. The first kappa shape index (κ1) is 11.1. The van der Waals surface area contributed by atoms with E-state index in [1.54, 1.807) is 0 Å². The minimum absolute atomic E-state index is 0.0387. The van der Waals surface area contributed by atoms with Crippen molar-refractivity contribution in [2.24, 2.45) is 0 Å². The lowest BCUT2D eigenvalue weighted by Crippen LogP contribution is -2.29. The first-order valence-corrected chi connectivity index (χ1v) is 6.11. The van der Waals surface area contributed by atoms with Gasteiger partial charge in [0.15, 0.2) is 0 Å². The predicted molar refractivity (Wildman–Crippen MR) is 71.4 cm³/mol. The molecule has 92 valence electrons. The van der Waals surface area contributed by atoms with Crippen molar-refractivity contribution >= 4 is 11.6 Å². The van der Waals surface area contributed by atoms with E-state index in [4.69, 9.17) is 0 Å². The highest BCUT2D eigenvalue weighted by molar-refractivity contribution is 5.83. The molecular weight excluding hydrogens is 224 g/mol. The maximum Gasteiger partial charge on any atom is 0.226 e. The Morgan fingerprint density at radius 3 is 2.78 bits per heavy atom. The molecule has 1 atom stereocenters. The van der Waals surface area contributed by atoms with Crippen LogP contribution < -0.4 is 5.32 Å². The van der Waals surface area contributed by atoms with E-state index in [1.165, 1.54) is 16.7 Å². The molecule has 2 aliphatic heterocycles. The summed E-state index contributed by atoms with van der Waals surface area (Å²) in [6.45, 7) is 11.0. The van der Waals surface area contributed by atoms with Gasteiger partial charge in [-0.05, 0) is 18.1 Å². The molecule has 1 fully saturated rings. The van der Waals surface area contributed by atoms with Gasteiger partial charge in [-0.15, -0.1) is 0 Å². The van der Waals surface area contributed by atoms with E-state index < -0.39 is 0 Å². The lowest BCUT2D eigenvalue weighted by atomic mass is 10.0. The normalized spacial score (nSPS) is 22.4. The average molecular weight is 240 g/mol. The Morgan fingerprint density at radius 2 is 2.17 bits per heavy atom. The van der Waals surface area contributed by atoms with E-state index in [0.717, 1.165) is 17.9 Å². The van der Waals surface area contributed by atoms with Gasteiger partial charge in [-0.2, -0.15) is 0 Å². The summed E-state index contributed by atoms with van der Waals surface area (Å²) >= 11 is 0. The van der Waals surface area contributed by atoms with Gasteiger partial charge >= 0.3 is 0 Å². The van der Waals surface area contributed by atoms with Crippen LogP contribution in [0.2, 0.25) is 0 Å². The molecule has 1 aromatic rings. The van der Waals surface area contributed by atoms with E-state index in [0.29, 0.717) is 6.42 Å². The van der Waals surface area contributed by atoms with Crippen molar-refractivity contribution in [3.63, 3.8) is 0 Å². The number of aryl methyl sites for hydroxylation is 1. The molecule has 0 spiro atoms. The highest BCUT2D eigenvalue weighted by Gasteiger charge is 2.35. The number of amides is 1. The first-order valence-electron chi connectivity index (χ1n) is 6.11. The Kier molecular flexibility index (Phi) is 2.30. The van der Waals surface area contributed by atoms with Crippen LogP contribution in [-0.2, 0) is 11.3 Å². The van der Waals surface area contributed by atoms with Crippen LogP contribution in [0, 0.1) is 6.92 Å². The van der Waals surface area contributed by atoms with Crippen molar-refractivity contribution in [2.45, 2.75) is 25.9 Å². The molecule has 0 aromatic heterocycles. The molecular formula is C15H16N2O. The van der Waals surface area contributed by atoms with Gasteiger partial charge in [0.25, 0.3) is 0 Å². The Morgan fingerprint density at radius 1 is 1.39 bits per heavy atom. The van der Waals surface area contributed by atoms with E-state index >= 15 is 0 Å². The number of fused-ring (bicyclic) bond motifs is 1. The SMILES string of the molecule is C=C1NC(=O)CC1N1Cc2c(C)cccc2C1=C. The maximum absolute atomic E-state index is 11.4. The summed E-state index contributed by atoms with van der Waals surface area (Å²) in [6.07, 6.45) is 0.477. The molecule has 2 heterocycles. The third-order valence-corrected chi connectivity index (χ3v) is 3.85. The second-order valence-electron chi connectivity index (χ2n) is 4.97. The number of carbonyl (C=O) groups excluding carboxylic acids is 1. The molecule has 1 amide bonds. The fourth-order valence-corrected chi connectivity index (χ4v) is 2.81. The highest BCUT2D eigenvalue weighted by Crippen LogP contribution is 2.37. The van der Waals surface area contributed by atoms with Gasteiger partial charge in [-0.3, -0.25) is 4.79 Å². The summed E-state index contributed by atoms with van der Waals surface area (Å²) in [5.74, 6) is 0.0467. The maximum atomic E-state index is 11.4. The Balaban J connectivity index is 1.95. The molecule has 18 heavy (non-hydrogen) atoms. The number of hydrogen-bond acceptors (Lipinski definition) is 2. The van der Waals surface area contributed by atoms with Gasteiger partial charge in [-0.25, -0.2) is 0 Å². The van der Waals surface area contributed by atoms with Crippen LogP contribution >= 0.6 is 0 Å². The molecule has 1 N–H and O–H groups in total. The van der Waals surface area contributed by atoms with Crippen LogP contribution in [0.25, 0.3) is 5.70 Å². The molecule has 1 aromatic carbocycles. The summed E-state index contributed by atoms with van der Waals surface area (Å²) in [4.78, 5) is 13.6. The summed E-state index contributed by atoms with van der Waals surface area (Å²) in [7, 11) is 0. The standard InChI is InChI=1S/C15H16N2O/c1-9-5-4-6-12-11(3)17(8-13(9)12)14-7-15(18)16-10(14)2/h4-6,14H,2-3,7-8H2,1H3,(H,16,18). The lowest BCUT2D eigenvalue weighted by Gasteiger charge is -2.26. The van der Waals surface area contributed by atoms with Crippen molar-refractivity contribution < 1.29 is 4.79 Å². The Hall–Kier alpha value is -2.03. The molecule has 3 nitrogen and oxygen atoms in total. The molecule has 3 rings (SSSR count). The van der Waals surface area contributed by atoms with Crippen LogP contribution in [0.15, 0.2) is 37.1 Å². The van der Waals surface area contributed by atoms with E-state index in [2.05, 4.69) is 48.5 Å². The smallest absolute Gasteiger partial charge is 0.226 e. The zero-order valence-corrected chi connectivity index (χ0v) is 10.5. The van der Waals surface area contributed by atoms with E-state index in [9.17, 15) is 4.79 Å². The number of nitrogens with zero attached hydrogens (tertiary/aromatic N) is 1. The van der Waals surface area contributed by atoms with Gasteiger partial charge in [-0.1, -0.05) is 31.4 Å². The van der Waals surface area contributed by atoms with Gasteiger partial charge in [0.1, 0.15) is 0 Å². The van der Waals surface area contributed by atoms with Gasteiger partial charge < -0.3 is 10.2 Å². The third kappa shape index (κ3) is 1.47. The number of rotatable bonds is 1. The predicted octanol–water partition coefficient (Wildman–Crippen LogP) is 2.18. The summed E-state index contributed by atoms with van der Waals surface area (Å²) < 4.78 is 0. The van der Waals surface area contributed by atoms with Crippen LogP contribution in [0.1, 0.15) is 23.1 Å². The van der Waals surface area contributed by atoms with Crippen molar-refractivity contribution in [2.75, 3.05) is 0 Å². The van der Waals surface area contributed by atoms with Crippen LogP contribution in [0.4, 0.5) is 0 Å². The summed E-state index contributed by atoms with van der Waals surface area (Å²) in [5.41, 5.74) is 5.57. The fraction of sp³-hybridized carbons (Fsp3) is 0.267. The average Bonchev–Trinajstić information content (AvgIpc) is 2.81.